The van der Waals surface area contributed by atoms with E-state index in [4.69, 9.17) is 24.5 Å². The Balaban J connectivity index is 0.000000469. The highest BCUT2D eigenvalue weighted by molar-refractivity contribution is 6.27. The first-order valence-corrected chi connectivity index (χ1v) is 9.41. The van der Waals surface area contributed by atoms with E-state index in [2.05, 4.69) is 36.5 Å². The quantitative estimate of drug-likeness (QED) is 0.442. The predicted octanol–water partition coefficient (Wildman–Crippen LogP) is 3.09. The number of carbonyl (C=O) groups is 2. The standard InChI is InChI=1S/C21H23NO2.C2H2O4/c1-16(17-7-3-2-4-8-17)22-14-20(23)15-24-21-12-11-18-9-5-6-10-19(18)13-21;3-1(4)2(5)6/h2-13,16,20,22-23H,14-15H2,1H3;(H,3,4)(H,5,6). The van der Waals surface area contributed by atoms with Gasteiger partial charge in [-0.25, -0.2) is 9.59 Å². The molecule has 0 aliphatic carbocycles. The molecule has 4 N–H and O–H groups in total. The first kappa shape index (κ1) is 22.9. The van der Waals surface area contributed by atoms with Gasteiger partial charge in [-0.1, -0.05) is 60.7 Å². The highest BCUT2D eigenvalue weighted by Gasteiger charge is 2.09. The second-order valence-electron chi connectivity index (χ2n) is 6.62. The van der Waals surface area contributed by atoms with Gasteiger partial charge in [-0.3, -0.25) is 0 Å². The van der Waals surface area contributed by atoms with Gasteiger partial charge in [0.2, 0.25) is 0 Å². The first-order valence-electron chi connectivity index (χ1n) is 9.41. The molecule has 2 unspecified atom stereocenters. The van der Waals surface area contributed by atoms with E-state index in [9.17, 15) is 5.11 Å². The van der Waals surface area contributed by atoms with Crippen LogP contribution in [-0.2, 0) is 9.59 Å². The van der Waals surface area contributed by atoms with Crippen molar-refractivity contribution < 1.29 is 29.6 Å². The van der Waals surface area contributed by atoms with Gasteiger partial charge in [0.05, 0.1) is 0 Å². The summed E-state index contributed by atoms with van der Waals surface area (Å²) in [7, 11) is 0. The fourth-order valence-corrected chi connectivity index (χ4v) is 2.68. The number of aliphatic carboxylic acids is 2. The van der Waals surface area contributed by atoms with Crippen molar-refractivity contribution in [2.24, 2.45) is 0 Å². The maximum atomic E-state index is 10.1. The Kier molecular flexibility index (Phi) is 8.80. The van der Waals surface area contributed by atoms with E-state index in [-0.39, 0.29) is 12.6 Å². The van der Waals surface area contributed by atoms with Gasteiger partial charge in [0.15, 0.2) is 0 Å². The van der Waals surface area contributed by atoms with Crippen molar-refractivity contribution in [1.82, 2.24) is 5.32 Å². The second-order valence-corrected chi connectivity index (χ2v) is 6.62. The van der Waals surface area contributed by atoms with Crippen molar-refractivity contribution in [3.8, 4) is 5.75 Å². The zero-order chi connectivity index (χ0) is 21.9. The SMILES string of the molecule is CC(NCC(O)COc1ccc2ccccc2c1)c1ccccc1.O=C(O)C(=O)O. The molecule has 2 atom stereocenters. The molecule has 7 nitrogen and oxygen atoms in total. The molecular weight excluding hydrogens is 386 g/mol. The third kappa shape index (κ3) is 7.54. The van der Waals surface area contributed by atoms with Crippen molar-refractivity contribution in [2.45, 2.75) is 19.1 Å². The molecule has 0 aromatic heterocycles. The lowest BCUT2D eigenvalue weighted by molar-refractivity contribution is -0.159. The number of fused-ring (bicyclic) bond motifs is 1. The average molecular weight is 411 g/mol. The van der Waals surface area contributed by atoms with Crippen LogP contribution in [0.1, 0.15) is 18.5 Å². The summed E-state index contributed by atoms with van der Waals surface area (Å²) < 4.78 is 5.72. The predicted molar refractivity (Wildman–Crippen MR) is 114 cm³/mol. The van der Waals surface area contributed by atoms with Crippen molar-refractivity contribution in [3.05, 3.63) is 78.4 Å². The summed E-state index contributed by atoms with van der Waals surface area (Å²) >= 11 is 0. The van der Waals surface area contributed by atoms with Crippen molar-refractivity contribution >= 4 is 22.7 Å². The van der Waals surface area contributed by atoms with Gasteiger partial charge in [-0.15, -0.1) is 0 Å². The van der Waals surface area contributed by atoms with E-state index >= 15 is 0 Å². The Labute approximate surface area is 174 Å². The zero-order valence-electron chi connectivity index (χ0n) is 16.6. The molecule has 3 aromatic carbocycles. The molecule has 3 rings (SSSR count). The Morgan fingerprint density at radius 2 is 1.50 bits per heavy atom. The fraction of sp³-hybridized carbons (Fsp3) is 0.217. The van der Waals surface area contributed by atoms with Crippen LogP contribution in [0.3, 0.4) is 0 Å². The van der Waals surface area contributed by atoms with Crippen molar-refractivity contribution in [3.63, 3.8) is 0 Å². The Hall–Kier alpha value is -3.42. The average Bonchev–Trinajstić information content (AvgIpc) is 2.76. The van der Waals surface area contributed by atoms with Crippen LogP contribution < -0.4 is 10.1 Å². The van der Waals surface area contributed by atoms with Crippen LogP contribution in [0.2, 0.25) is 0 Å². The molecule has 0 saturated carbocycles. The topological polar surface area (TPSA) is 116 Å². The summed E-state index contributed by atoms with van der Waals surface area (Å²) in [6.45, 7) is 2.85. The van der Waals surface area contributed by atoms with E-state index in [0.29, 0.717) is 6.54 Å². The summed E-state index contributed by atoms with van der Waals surface area (Å²) in [5, 5.41) is 30.6. The number of carboxylic acids is 2. The minimum absolute atomic E-state index is 0.196. The highest BCUT2D eigenvalue weighted by Crippen LogP contribution is 2.20. The molecule has 158 valence electrons. The third-order valence-electron chi connectivity index (χ3n) is 4.31. The summed E-state index contributed by atoms with van der Waals surface area (Å²) in [4.78, 5) is 18.2. The molecule has 0 heterocycles. The normalized spacial score (nSPS) is 12.3. The second kappa shape index (κ2) is 11.5. The van der Waals surface area contributed by atoms with Gasteiger partial charge in [-0.2, -0.15) is 0 Å². The Bertz CT molecular complexity index is 948. The van der Waals surface area contributed by atoms with Crippen molar-refractivity contribution in [2.75, 3.05) is 13.2 Å². The highest BCUT2D eigenvalue weighted by atomic mass is 16.5. The summed E-state index contributed by atoms with van der Waals surface area (Å²) in [6.07, 6.45) is -0.553. The summed E-state index contributed by atoms with van der Waals surface area (Å²) in [5.41, 5.74) is 1.21. The van der Waals surface area contributed by atoms with Crippen LogP contribution in [-0.4, -0.2) is 46.5 Å². The minimum Gasteiger partial charge on any atom is -0.491 e. The molecule has 0 aliphatic rings. The van der Waals surface area contributed by atoms with Crippen LogP contribution in [0, 0.1) is 0 Å². The molecule has 0 amide bonds. The van der Waals surface area contributed by atoms with E-state index in [1.807, 2.05) is 48.5 Å². The lowest BCUT2D eigenvalue weighted by atomic mass is 10.1. The maximum Gasteiger partial charge on any atom is 0.414 e. The molecule has 0 saturated heterocycles. The number of aliphatic hydroxyl groups excluding tert-OH is 1. The summed E-state index contributed by atoms with van der Waals surface area (Å²) in [5.74, 6) is -2.87. The lowest BCUT2D eigenvalue weighted by Gasteiger charge is -2.18. The molecule has 0 aliphatic heterocycles. The zero-order valence-corrected chi connectivity index (χ0v) is 16.6. The molecular formula is C23H25NO6. The van der Waals surface area contributed by atoms with Crippen LogP contribution in [0.4, 0.5) is 0 Å². The number of ether oxygens (including phenoxy) is 1. The molecule has 0 bridgehead atoms. The van der Waals surface area contributed by atoms with E-state index in [1.54, 1.807) is 0 Å². The van der Waals surface area contributed by atoms with Crippen LogP contribution in [0.15, 0.2) is 72.8 Å². The monoisotopic (exact) mass is 411 g/mol. The van der Waals surface area contributed by atoms with Crippen LogP contribution in [0.25, 0.3) is 10.8 Å². The molecule has 0 fully saturated rings. The smallest absolute Gasteiger partial charge is 0.414 e. The number of nitrogens with one attached hydrogen (secondary N) is 1. The van der Waals surface area contributed by atoms with Gasteiger partial charge < -0.3 is 25.4 Å². The lowest BCUT2D eigenvalue weighted by Crippen LogP contribution is -2.33. The minimum atomic E-state index is -1.82. The van der Waals surface area contributed by atoms with Crippen LogP contribution >= 0.6 is 0 Å². The largest absolute Gasteiger partial charge is 0.491 e. The molecule has 0 radical (unpaired) electrons. The number of carboxylic acid groups (broad SMARTS) is 2. The Morgan fingerprint density at radius 3 is 2.13 bits per heavy atom. The number of aliphatic hydroxyl groups is 1. The van der Waals surface area contributed by atoms with Gasteiger partial charge in [0.1, 0.15) is 18.5 Å². The van der Waals surface area contributed by atoms with Gasteiger partial charge in [-0.05, 0) is 35.4 Å². The molecule has 7 heteroatoms. The molecule has 0 spiro atoms. The van der Waals surface area contributed by atoms with E-state index in [0.717, 1.165) is 11.1 Å². The van der Waals surface area contributed by atoms with Crippen molar-refractivity contribution in [1.29, 1.82) is 0 Å². The number of benzene rings is 3. The molecule has 3 aromatic rings. The number of hydrogen-bond acceptors (Lipinski definition) is 5. The van der Waals surface area contributed by atoms with Crippen LogP contribution in [0.5, 0.6) is 5.75 Å². The van der Waals surface area contributed by atoms with E-state index < -0.39 is 18.0 Å². The van der Waals surface area contributed by atoms with Gasteiger partial charge >= 0.3 is 11.9 Å². The number of rotatable bonds is 7. The fourth-order valence-electron chi connectivity index (χ4n) is 2.68. The summed E-state index contributed by atoms with van der Waals surface area (Å²) in [6, 6.07) is 24.5. The Morgan fingerprint density at radius 1 is 0.900 bits per heavy atom. The third-order valence-corrected chi connectivity index (χ3v) is 4.31. The number of hydrogen-bond donors (Lipinski definition) is 4. The first-order chi connectivity index (χ1) is 14.4. The van der Waals surface area contributed by atoms with Gasteiger partial charge in [0.25, 0.3) is 0 Å². The van der Waals surface area contributed by atoms with Gasteiger partial charge in [0, 0.05) is 12.6 Å². The molecule has 30 heavy (non-hydrogen) atoms. The van der Waals surface area contributed by atoms with E-state index in [1.165, 1.54) is 10.9 Å². The maximum absolute atomic E-state index is 10.1.